The number of aryl methyl sites for hydroxylation is 1. The highest BCUT2D eigenvalue weighted by atomic mass is 14.9. The van der Waals surface area contributed by atoms with Crippen molar-refractivity contribution in [2.24, 2.45) is 0 Å². The summed E-state index contributed by atoms with van der Waals surface area (Å²) in [5, 5.41) is 0. The molecule has 1 rings (SSSR count). The number of pyridine rings is 1. The lowest BCUT2D eigenvalue weighted by atomic mass is 10.3. The van der Waals surface area contributed by atoms with E-state index in [4.69, 9.17) is 0 Å². The van der Waals surface area contributed by atoms with Gasteiger partial charge in [0.2, 0.25) is 5.69 Å². The summed E-state index contributed by atoms with van der Waals surface area (Å²) in [7, 11) is 0. The van der Waals surface area contributed by atoms with Gasteiger partial charge in [0.15, 0.2) is 12.7 Å². The molecule has 0 spiro atoms. The molecule has 1 aromatic rings. The largest absolute Gasteiger partial charge is 0.204 e. The van der Waals surface area contributed by atoms with Crippen LogP contribution in [0, 0.1) is 11.8 Å². The summed E-state index contributed by atoms with van der Waals surface area (Å²) in [6.45, 7) is 6.56. The summed E-state index contributed by atoms with van der Waals surface area (Å²) in [5.41, 5.74) is 1.14. The molecule has 0 atom stereocenters. The molecule has 0 amide bonds. The van der Waals surface area contributed by atoms with E-state index >= 15 is 0 Å². The number of hydrogen-bond donors (Lipinski definition) is 0. The lowest BCUT2D eigenvalue weighted by Crippen LogP contribution is -2.36. The van der Waals surface area contributed by atoms with Gasteiger partial charge in [-0.3, -0.25) is 0 Å². The van der Waals surface area contributed by atoms with E-state index in [1.165, 1.54) is 0 Å². The predicted octanol–water partition coefficient (Wildman–Crippen LogP) is 2.03. The summed E-state index contributed by atoms with van der Waals surface area (Å²) < 4.78 is 2.15. The SMILES string of the molecule is C=Cc1cccc[n+]1CCC#CC. The first-order chi connectivity index (χ1) is 6.38. The van der Waals surface area contributed by atoms with Crippen LogP contribution >= 0.6 is 0 Å². The van der Waals surface area contributed by atoms with Crippen molar-refractivity contribution in [3.8, 4) is 11.8 Å². The standard InChI is InChI=1S/C12H14N/c1-3-5-7-10-13-11-8-6-9-12(13)4-2/h4,6,8-9,11H,2,7,10H2,1H3/q+1. The number of hydrogen-bond acceptors (Lipinski definition) is 0. The Hall–Kier alpha value is -1.55. The van der Waals surface area contributed by atoms with Gasteiger partial charge < -0.3 is 0 Å². The van der Waals surface area contributed by atoms with Crippen LogP contribution in [0.15, 0.2) is 31.0 Å². The first-order valence-corrected chi connectivity index (χ1v) is 4.39. The third-order valence-electron chi connectivity index (χ3n) is 1.84. The minimum Gasteiger partial charge on any atom is -0.198 e. The van der Waals surface area contributed by atoms with E-state index in [9.17, 15) is 0 Å². The Labute approximate surface area is 79.7 Å². The summed E-state index contributed by atoms with van der Waals surface area (Å²) >= 11 is 0. The van der Waals surface area contributed by atoms with Crippen molar-refractivity contribution in [3.05, 3.63) is 36.7 Å². The van der Waals surface area contributed by atoms with Gasteiger partial charge in [-0.25, -0.2) is 0 Å². The highest BCUT2D eigenvalue weighted by Gasteiger charge is 2.02. The minimum atomic E-state index is 0.895. The fraction of sp³-hybridized carbons (Fsp3) is 0.250. The molecule has 0 fully saturated rings. The molecule has 0 aliphatic carbocycles. The molecule has 1 heterocycles. The number of aromatic nitrogens is 1. The molecular weight excluding hydrogens is 158 g/mol. The van der Waals surface area contributed by atoms with Crippen LogP contribution < -0.4 is 4.57 Å². The molecule has 0 aliphatic rings. The Morgan fingerprint density at radius 1 is 1.54 bits per heavy atom. The zero-order valence-corrected chi connectivity index (χ0v) is 7.96. The van der Waals surface area contributed by atoms with Gasteiger partial charge in [0.25, 0.3) is 0 Å². The van der Waals surface area contributed by atoms with Crippen LogP contribution in [0.4, 0.5) is 0 Å². The lowest BCUT2D eigenvalue weighted by molar-refractivity contribution is -0.697. The fourth-order valence-electron chi connectivity index (χ4n) is 1.18. The second-order valence-electron chi connectivity index (χ2n) is 2.70. The molecule has 0 unspecified atom stereocenters. The van der Waals surface area contributed by atoms with Gasteiger partial charge in [0, 0.05) is 18.2 Å². The van der Waals surface area contributed by atoms with E-state index in [0.717, 1.165) is 18.7 Å². The van der Waals surface area contributed by atoms with Crippen LogP contribution in [0.1, 0.15) is 19.0 Å². The highest BCUT2D eigenvalue weighted by Crippen LogP contribution is 1.93. The molecule has 13 heavy (non-hydrogen) atoms. The Balaban J connectivity index is 2.73. The maximum atomic E-state index is 3.76. The molecule has 0 aromatic carbocycles. The first-order valence-electron chi connectivity index (χ1n) is 4.39. The average Bonchev–Trinajstić information content (AvgIpc) is 2.19. The van der Waals surface area contributed by atoms with Crippen molar-refractivity contribution in [3.63, 3.8) is 0 Å². The van der Waals surface area contributed by atoms with E-state index in [2.05, 4.69) is 23.0 Å². The van der Waals surface area contributed by atoms with E-state index in [0.29, 0.717) is 0 Å². The molecule has 0 saturated carbocycles. The topological polar surface area (TPSA) is 3.88 Å². The smallest absolute Gasteiger partial charge is 0.198 e. The number of nitrogens with zero attached hydrogens (tertiary/aromatic N) is 1. The molecule has 0 bridgehead atoms. The molecule has 66 valence electrons. The van der Waals surface area contributed by atoms with Crippen molar-refractivity contribution in [1.82, 2.24) is 0 Å². The molecule has 1 heteroatoms. The van der Waals surface area contributed by atoms with Crippen molar-refractivity contribution in [2.75, 3.05) is 0 Å². The lowest BCUT2D eigenvalue weighted by Gasteiger charge is -1.96. The van der Waals surface area contributed by atoms with E-state index < -0.39 is 0 Å². The van der Waals surface area contributed by atoms with Crippen molar-refractivity contribution >= 4 is 6.08 Å². The van der Waals surface area contributed by atoms with Crippen LogP contribution in [-0.2, 0) is 6.54 Å². The van der Waals surface area contributed by atoms with Gasteiger partial charge in [-0.05, 0) is 13.0 Å². The van der Waals surface area contributed by atoms with Crippen LogP contribution in [0.5, 0.6) is 0 Å². The van der Waals surface area contributed by atoms with E-state index in [-0.39, 0.29) is 0 Å². The normalized spacial score (nSPS) is 8.69. The van der Waals surface area contributed by atoms with Gasteiger partial charge in [-0.1, -0.05) is 12.5 Å². The molecule has 1 aromatic heterocycles. The minimum absolute atomic E-state index is 0.895. The zero-order valence-electron chi connectivity index (χ0n) is 7.96. The quantitative estimate of drug-likeness (QED) is 0.485. The molecule has 0 saturated heterocycles. The predicted molar refractivity (Wildman–Crippen MR) is 54.8 cm³/mol. The van der Waals surface area contributed by atoms with Crippen LogP contribution in [0.3, 0.4) is 0 Å². The summed E-state index contributed by atoms with van der Waals surface area (Å²) in [5.74, 6) is 5.93. The molecular formula is C12H14N+. The molecule has 0 aliphatic heterocycles. The van der Waals surface area contributed by atoms with E-state index in [1.807, 2.05) is 37.4 Å². The van der Waals surface area contributed by atoms with Gasteiger partial charge in [0.1, 0.15) is 0 Å². The number of rotatable bonds is 3. The Kier molecular flexibility index (Phi) is 3.78. The Morgan fingerprint density at radius 3 is 3.08 bits per heavy atom. The van der Waals surface area contributed by atoms with Crippen molar-refractivity contribution in [1.29, 1.82) is 0 Å². The average molecular weight is 172 g/mol. The summed E-state index contributed by atoms with van der Waals surface area (Å²) in [6, 6.07) is 6.08. The fourth-order valence-corrected chi connectivity index (χ4v) is 1.18. The monoisotopic (exact) mass is 172 g/mol. The molecule has 1 nitrogen and oxygen atoms in total. The first kappa shape index (κ1) is 9.54. The van der Waals surface area contributed by atoms with Crippen molar-refractivity contribution in [2.45, 2.75) is 19.9 Å². The van der Waals surface area contributed by atoms with Crippen LogP contribution in [0.2, 0.25) is 0 Å². The second kappa shape index (κ2) is 5.16. The van der Waals surface area contributed by atoms with Crippen LogP contribution in [-0.4, -0.2) is 0 Å². The second-order valence-corrected chi connectivity index (χ2v) is 2.70. The van der Waals surface area contributed by atoms with Crippen molar-refractivity contribution < 1.29 is 4.57 Å². The maximum absolute atomic E-state index is 3.76. The van der Waals surface area contributed by atoms with Gasteiger partial charge >= 0.3 is 0 Å². The third-order valence-corrected chi connectivity index (χ3v) is 1.84. The van der Waals surface area contributed by atoms with Gasteiger partial charge in [-0.15, -0.1) is 5.92 Å². The summed E-state index contributed by atoms with van der Waals surface area (Å²) in [6.07, 6.45) is 4.81. The highest BCUT2D eigenvalue weighted by molar-refractivity contribution is 5.36. The molecule has 0 radical (unpaired) electrons. The molecule has 0 N–H and O–H groups in total. The third kappa shape index (κ3) is 2.76. The zero-order chi connectivity index (χ0) is 9.52. The van der Waals surface area contributed by atoms with Gasteiger partial charge in [-0.2, -0.15) is 4.57 Å². The Bertz CT molecular complexity index is 342. The Morgan fingerprint density at radius 2 is 2.38 bits per heavy atom. The van der Waals surface area contributed by atoms with Crippen LogP contribution in [0.25, 0.3) is 6.08 Å². The summed E-state index contributed by atoms with van der Waals surface area (Å²) in [4.78, 5) is 0. The van der Waals surface area contributed by atoms with Gasteiger partial charge in [0.05, 0.1) is 6.42 Å². The van der Waals surface area contributed by atoms with E-state index in [1.54, 1.807) is 0 Å². The maximum Gasteiger partial charge on any atom is 0.204 e.